The van der Waals surface area contributed by atoms with E-state index in [-0.39, 0.29) is 46.6 Å². The number of nitrogens with zero attached hydrogens (tertiary/aromatic N) is 4. The van der Waals surface area contributed by atoms with Crippen LogP contribution in [0.3, 0.4) is 0 Å². The minimum atomic E-state index is -0.910. The first kappa shape index (κ1) is 29.4. The number of terminal acetylenes is 1. The maximum absolute atomic E-state index is 14.9. The van der Waals surface area contributed by atoms with Gasteiger partial charge < -0.3 is 19.2 Å². The summed E-state index contributed by atoms with van der Waals surface area (Å²) < 4.78 is 41.7. The van der Waals surface area contributed by atoms with Crippen molar-refractivity contribution in [2.45, 2.75) is 43.8 Å². The lowest BCUT2D eigenvalue weighted by atomic mass is 9.91. The Bertz CT molecular complexity index is 2160. The number of hydrogen-bond acceptors (Lipinski definition) is 8. The van der Waals surface area contributed by atoms with Gasteiger partial charge in [-0.25, -0.2) is 13.6 Å². The number of fused-ring (bicyclic) bond motifs is 3. The molecule has 3 fully saturated rings. The lowest BCUT2D eigenvalue weighted by molar-refractivity contribution is 0.107. The van der Waals surface area contributed by atoms with Crippen LogP contribution in [-0.2, 0) is 0 Å². The monoisotopic (exact) mass is 634 g/mol. The molecule has 1 N–H and O–H groups in total. The van der Waals surface area contributed by atoms with Crippen LogP contribution in [-0.4, -0.2) is 64.5 Å². The van der Waals surface area contributed by atoms with E-state index in [1.165, 1.54) is 29.8 Å². The summed E-state index contributed by atoms with van der Waals surface area (Å²) >= 11 is 0. The third kappa shape index (κ3) is 4.80. The first-order valence-electron chi connectivity index (χ1n) is 15.8. The minimum Gasteiger partial charge on any atom is -0.508 e. The number of aromatic nitrogens is 2. The summed E-state index contributed by atoms with van der Waals surface area (Å²) in [5.74, 6) is 2.44. The van der Waals surface area contributed by atoms with E-state index in [4.69, 9.17) is 25.5 Å². The van der Waals surface area contributed by atoms with Crippen LogP contribution in [0.1, 0.15) is 41.9 Å². The third-order valence-corrected chi connectivity index (χ3v) is 10.1. The zero-order chi connectivity index (χ0) is 32.4. The molecule has 0 radical (unpaired) electrons. The van der Waals surface area contributed by atoms with Crippen molar-refractivity contribution >= 4 is 27.5 Å². The molecule has 8 rings (SSSR count). The molecule has 47 heavy (non-hydrogen) atoms. The highest BCUT2D eigenvalue weighted by Crippen LogP contribution is 2.42. The van der Waals surface area contributed by atoms with E-state index in [0.717, 1.165) is 19.4 Å². The van der Waals surface area contributed by atoms with Crippen molar-refractivity contribution in [1.82, 2.24) is 14.9 Å². The molecule has 0 spiro atoms. The molecule has 0 saturated carbocycles. The molecule has 3 aliphatic rings. The molecule has 5 heterocycles. The van der Waals surface area contributed by atoms with Crippen LogP contribution in [0.5, 0.6) is 11.8 Å². The van der Waals surface area contributed by atoms with Gasteiger partial charge in [0.1, 0.15) is 35.5 Å². The summed E-state index contributed by atoms with van der Waals surface area (Å²) in [5.41, 5.74) is 1.13. The number of hydrogen-bond donors (Lipinski definition) is 1. The first-order valence-corrected chi connectivity index (χ1v) is 15.8. The van der Waals surface area contributed by atoms with Crippen molar-refractivity contribution in [2.75, 3.05) is 37.7 Å². The molecule has 238 valence electrons. The fraction of sp³-hybridized carbons (Fsp3) is 0.324. The second kappa shape index (κ2) is 11.1. The lowest BCUT2D eigenvalue weighted by Crippen LogP contribution is -2.46. The summed E-state index contributed by atoms with van der Waals surface area (Å²) in [7, 11) is 0. The lowest BCUT2D eigenvalue weighted by Gasteiger charge is -2.40. The topological polar surface area (TPSA) is 91.9 Å². The first-order chi connectivity index (χ1) is 22.7. The standard InChI is InChI=1S/C37H32F2N4O4/c1-3-27-29(39)11-10-23-14-26(44)15-28(30(23)27)33-21(2)32-31(35(45)47-33)34(42-17-24(18-42)22-8-5-4-6-9-22)41-36(40-32)46-20-37-12-7-13-43(37)19-25(38)16-37/h1,4-6,8-11,14-15,24-25,44H,7,12-13,16-20H2,2H3/t25-,37+/m1/s1. The van der Waals surface area contributed by atoms with Crippen LogP contribution in [0.2, 0.25) is 0 Å². The van der Waals surface area contributed by atoms with Gasteiger partial charge in [0.2, 0.25) is 0 Å². The highest BCUT2D eigenvalue weighted by atomic mass is 19.1. The number of ether oxygens (including phenoxy) is 1. The average Bonchev–Trinajstić information content (AvgIpc) is 3.57. The second-order valence-electron chi connectivity index (χ2n) is 12.9. The predicted octanol–water partition coefficient (Wildman–Crippen LogP) is 6.10. The largest absolute Gasteiger partial charge is 0.508 e. The van der Waals surface area contributed by atoms with E-state index in [0.29, 0.717) is 53.7 Å². The minimum absolute atomic E-state index is 0.0114. The number of aromatic hydroxyl groups is 1. The Morgan fingerprint density at radius 3 is 2.72 bits per heavy atom. The summed E-state index contributed by atoms with van der Waals surface area (Å²) in [4.78, 5) is 27.6. The van der Waals surface area contributed by atoms with Gasteiger partial charge in [0.25, 0.3) is 0 Å². The fourth-order valence-electron chi connectivity index (χ4n) is 7.75. The molecule has 8 nitrogen and oxygen atoms in total. The number of anilines is 1. The summed E-state index contributed by atoms with van der Waals surface area (Å²) in [5, 5.41) is 11.6. The number of phenols is 1. The molecule has 0 unspecified atom stereocenters. The fourth-order valence-corrected chi connectivity index (χ4v) is 7.75. The van der Waals surface area contributed by atoms with E-state index < -0.39 is 23.2 Å². The average molecular weight is 635 g/mol. The van der Waals surface area contributed by atoms with Gasteiger partial charge in [-0.3, -0.25) is 4.90 Å². The number of aryl methyl sites for hydroxylation is 1. The second-order valence-corrected chi connectivity index (χ2v) is 12.9. The van der Waals surface area contributed by atoms with Crippen molar-refractivity contribution in [1.29, 1.82) is 0 Å². The van der Waals surface area contributed by atoms with Crippen LogP contribution in [0.15, 0.2) is 63.8 Å². The van der Waals surface area contributed by atoms with Crippen LogP contribution < -0.4 is 15.3 Å². The molecule has 2 aromatic heterocycles. The Labute approximate surface area is 269 Å². The van der Waals surface area contributed by atoms with Crippen molar-refractivity contribution in [2.24, 2.45) is 0 Å². The van der Waals surface area contributed by atoms with Gasteiger partial charge in [-0.2, -0.15) is 9.97 Å². The summed E-state index contributed by atoms with van der Waals surface area (Å²) in [6.07, 6.45) is 7.00. The molecule has 5 aromatic rings. The highest BCUT2D eigenvalue weighted by molar-refractivity contribution is 6.03. The summed E-state index contributed by atoms with van der Waals surface area (Å²) in [6.45, 7) is 4.43. The maximum Gasteiger partial charge on any atom is 0.349 e. The highest BCUT2D eigenvalue weighted by Gasteiger charge is 2.49. The van der Waals surface area contributed by atoms with E-state index in [2.05, 4.69) is 23.0 Å². The van der Waals surface area contributed by atoms with Crippen molar-refractivity contribution < 1.29 is 23.0 Å². The van der Waals surface area contributed by atoms with E-state index in [9.17, 15) is 18.7 Å². The van der Waals surface area contributed by atoms with Crippen molar-refractivity contribution in [3.63, 3.8) is 0 Å². The Morgan fingerprint density at radius 2 is 1.94 bits per heavy atom. The van der Waals surface area contributed by atoms with Gasteiger partial charge in [0, 0.05) is 48.5 Å². The molecule has 3 aromatic carbocycles. The molecule has 0 aliphatic carbocycles. The van der Waals surface area contributed by atoms with Crippen LogP contribution in [0, 0.1) is 25.1 Å². The number of phenolic OH excluding ortho intramolecular Hbond substituents is 1. The predicted molar refractivity (Wildman–Crippen MR) is 175 cm³/mol. The normalized spacial score (nSPS) is 21.2. The molecule has 2 atom stereocenters. The Kier molecular flexibility index (Phi) is 6.92. The molecule has 10 heteroatoms. The Balaban J connectivity index is 1.27. The molecular weight excluding hydrogens is 602 g/mol. The van der Waals surface area contributed by atoms with Crippen LogP contribution in [0.4, 0.5) is 14.6 Å². The van der Waals surface area contributed by atoms with E-state index in [1.54, 1.807) is 6.92 Å². The zero-order valence-corrected chi connectivity index (χ0v) is 25.8. The molecule has 0 amide bonds. The smallest absolute Gasteiger partial charge is 0.349 e. The molecular formula is C37H32F2N4O4. The number of alkyl halides is 1. The van der Waals surface area contributed by atoms with E-state index in [1.807, 2.05) is 23.1 Å². The van der Waals surface area contributed by atoms with Gasteiger partial charge in [0.15, 0.2) is 5.82 Å². The van der Waals surface area contributed by atoms with Gasteiger partial charge in [-0.1, -0.05) is 42.3 Å². The quantitative estimate of drug-likeness (QED) is 0.224. The number of rotatable bonds is 6. The molecule has 0 bridgehead atoms. The number of benzene rings is 3. The molecule has 3 saturated heterocycles. The SMILES string of the molecule is C#Cc1c(F)ccc2cc(O)cc(-c3oc(=O)c4c(N5CC(c6ccccc6)C5)nc(OC[C@@]56CCCN5C[C@H](F)C6)nc4c3C)c12. The summed E-state index contributed by atoms with van der Waals surface area (Å²) in [6, 6.07) is 15.9. The van der Waals surface area contributed by atoms with Gasteiger partial charge >= 0.3 is 11.6 Å². The van der Waals surface area contributed by atoms with Crippen LogP contribution in [0.25, 0.3) is 33.0 Å². The third-order valence-electron chi connectivity index (χ3n) is 10.1. The number of halogens is 2. The maximum atomic E-state index is 14.9. The van der Waals surface area contributed by atoms with Crippen molar-refractivity contribution in [3.05, 3.63) is 87.5 Å². The van der Waals surface area contributed by atoms with Gasteiger partial charge in [0.05, 0.1) is 16.6 Å². The van der Waals surface area contributed by atoms with E-state index >= 15 is 0 Å². The van der Waals surface area contributed by atoms with Gasteiger partial charge in [-0.05, 0) is 55.5 Å². The zero-order valence-electron chi connectivity index (χ0n) is 25.8. The Hall–Kier alpha value is -5.01. The van der Waals surface area contributed by atoms with Gasteiger partial charge in [-0.15, -0.1) is 6.42 Å². The van der Waals surface area contributed by atoms with Crippen molar-refractivity contribution in [3.8, 4) is 35.4 Å². The van der Waals surface area contributed by atoms with Crippen LogP contribution >= 0.6 is 0 Å². The molecule has 3 aliphatic heterocycles. The Morgan fingerprint density at radius 1 is 1.13 bits per heavy atom.